The molecule has 0 atom stereocenters. The largest absolute Gasteiger partial charge is 0.372 e. The molecule has 0 unspecified atom stereocenters. The van der Waals surface area contributed by atoms with Gasteiger partial charge < -0.3 is 10.5 Å². The minimum Gasteiger partial charge on any atom is -0.372 e. The molecule has 4 heteroatoms. The normalized spacial score (nSPS) is 17.5. The number of nitrogens with zero attached hydrogens (tertiary/aromatic N) is 2. The standard InChI is InChI=1S/C11H19N3O/c1-14-11(9(6-12)7-13-14)8-15-10-4-2-3-5-10/h7,10H,2-6,8,12H2,1H3. The lowest BCUT2D eigenvalue weighted by Gasteiger charge is -2.12. The Morgan fingerprint density at radius 1 is 1.53 bits per heavy atom. The Labute approximate surface area is 90.4 Å². The quantitative estimate of drug-likeness (QED) is 0.814. The summed E-state index contributed by atoms with van der Waals surface area (Å²) in [4.78, 5) is 0. The molecule has 1 heterocycles. The zero-order valence-corrected chi connectivity index (χ0v) is 9.28. The molecule has 0 amide bonds. The molecule has 0 aromatic carbocycles. The van der Waals surface area contributed by atoms with E-state index in [1.54, 1.807) is 0 Å². The lowest BCUT2D eigenvalue weighted by atomic mass is 10.2. The second kappa shape index (κ2) is 4.77. The van der Waals surface area contributed by atoms with Crippen LogP contribution in [0, 0.1) is 0 Å². The highest BCUT2D eigenvalue weighted by Gasteiger charge is 2.16. The van der Waals surface area contributed by atoms with E-state index in [-0.39, 0.29) is 0 Å². The highest BCUT2D eigenvalue weighted by molar-refractivity contribution is 5.16. The van der Waals surface area contributed by atoms with Crippen molar-refractivity contribution in [2.24, 2.45) is 12.8 Å². The average molecular weight is 209 g/mol. The van der Waals surface area contributed by atoms with E-state index in [9.17, 15) is 0 Å². The van der Waals surface area contributed by atoms with E-state index in [0.717, 1.165) is 11.3 Å². The molecule has 0 aliphatic heterocycles. The molecule has 15 heavy (non-hydrogen) atoms. The number of hydrogen-bond donors (Lipinski definition) is 1. The second-order valence-corrected chi connectivity index (χ2v) is 4.16. The summed E-state index contributed by atoms with van der Waals surface area (Å²) in [5.41, 5.74) is 7.85. The van der Waals surface area contributed by atoms with Crippen molar-refractivity contribution in [2.45, 2.75) is 44.9 Å². The van der Waals surface area contributed by atoms with E-state index in [2.05, 4.69) is 5.10 Å². The van der Waals surface area contributed by atoms with Crippen LogP contribution in [0.25, 0.3) is 0 Å². The third-order valence-corrected chi connectivity index (χ3v) is 3.13. The van der Waals surface area contributed by atoms with Crippen LogP contribution in [-0.4, -0.2) is 15.9 Å². The van der Waals surface area contributed by atoms with Gasteiger partial charge in [0.15, 0.2) is 0 Å². The van der Waals surface area contributed by atoms with Crippen molar-refractivity contribution in [3.63, 3.8) is 0 Å². The Morgan fingerprint density at radius 2 is 2.27 bits per heavy atom. The maximum atomic E-state index is 5.85. The van der Waals surface area contributed by atoms with E-state index < -0.39 is 0 Å². The Morgan fingerprint density at radius 3 is 2.93 bits per heavy atom. The Hall–Kier alpha value is -0.870. The van der Waals surface area contributed by atoms with E-state index in [1.807, 2.05) is 17.9 Å². The third kappa shape index (κ3) is 2.38. The van der Waals surface area contributed by atoms with E-state index in [0.29, 0.717) is 19.3 Å². The molecule has 4 nitrogen and oxygen atoms in total. The molecule has 1 aromatic rings. The van der Waals surface area contributed by atoms with Crippen molar-refractivity contribution in [1.82, 2.24) is 9.78 Å². The summed E-state index contributed by atoms with van der Waals surface area (Å²) in [5.74, 6) is 0. The molecule has 0 saturated heterocycles. The van der Waals surface area contributed by atoms with Crippen molar-refractivity contribution in [3.05, 3.63) is 17.5 Å². The summed E-state index contributed by atoms with van der Waals surface area (Å²) < 4.78 is 7.71. The van der Waals surface area contributed by atoms with Crippen LogP contribution < -0.4 is 5.73 Å². The van der Waals surface area contributed by atoms with Gasteiger partial charge in [0.05, 0.1) is 24.6 Å². The van der Waals surface area contributed by atoms with Gasteiger partial charge in [0.25, 0.3) is 0 Å². The van der Waals surface area contributed by atoms with Gasteiger partial charge in [-0.2, -0.15) is 5.10 Å². The SMILES string of the molecule is Cn1ncc(CN)c1COC1CCCC1. The second-order valence-electron chi connectivity index (χ2n) is 4.16. The first-order valence-electron chi connectivity index (χ1n) is 5.62. The van der Waals surface area contributed by atoms with Crippen LogP contribution >= 0.6 is 0 Å². The van der Waals surface area contributed by atoms with Crippen molar-refractivity contribution < 1.29 is 4.74 Å². The smallest absolute Gasteiger partial charge is 0.0891 e. The van der Waals surface area contributed by atoms with Gasteiger partial charge in [-0.25, -0.2) is 0 Å². The van der Waals surface area contributed by atoms with Gasteiger partial charge in [0, 0.05) is 19.2 Å². The third-order valence-electron chi connectivity index (χ3n) is 3.13. The molecule has 0 radical (unpaired) electrons. The van der Waals surface area contributed by atoms with Gasteiger partial charge in [0.1, 0.15) is 0 Å². The van der Waals surface area contributed by atoms with Crippen LogP contribution in [0.4, 0.5) is 0 Å². The van der Waals surface area contributed by atoms with Gasteiger partial charge in [-0.1, -0.05) is 12.8 Å². The van der Waals surface area contributed by atoms with Crippen LogP contribution in [0.3, 0.4) is 0 Å². The van der Waals surface area contributed by atoms with Crippen LogP contribution in [0.2, 0.25) is 0 Å². The van der Waals surface area contributed by atoms with Gasteiger partial charge in [-0.05, 0) is 12.8 Å². The number of aromatic nitrogens is 2. The van der Waals surface area contributed by atoms with Crippen LogP contribution in [0.1, 0.15) is 36.9 Å². The molecule has 84 valence electrons. The van der Waals surface area contributed by atoms with Crippen LogP contribution in [0.15, 0.2) is 6.20 Å². The lowest BCUT2D eigenvalue weighted by molar-refractivity contribution is 0.0417. The highest BCUT2D eigenvalue weighted by atomic mass is 16.5. The van der Waals surface area contributed by atoms with Gasteiger partial charge in [-0.15, -0.1) is 0 Å². The predicted octanol–water partition coefficient (Wildman–Crippen LogP) is 1.34. The minimum atomic E-state index is 0.450. The van der Waals surface area contributed by atoms with Crippen molar-refractivity contribution >= 4 is 0 Å². The maximum absolute atomic E-state index is 5.85. The summed E-state index contributed by atoms with van der Waals surface area (Å²) >= 11 is 0. The van der Waals surface area contributed by atoms with E-state index >= 15 is 0 Å². The van der Waals surface area contributed by atoms with E-state index in [1.165, 1.54) is 25.7 Å². The van der Waals surface area contributed by atoms with Crippen molar-refractivity contribution in [3.8, 4) is 0 Å². The van der Waals surface area contributed by atoms with Gasteiger partial charge in [0.2, 0.25) is 0 Å². The topological polar surface area (TPSA) is 53.1 Å². The Balaban J connectivity index is 1.94. The first-order chi connectivity index (χ1) is 7.31. The summed E-state index contributed by atoms with van der Waals surface area (Å²) in [6.45, 7) is 1.19. The van der Waals surface area contributed by atoms with E-state index in [4.69, 9.17) is 10.5 Å². The molecule has 0 bridgehead atoms. The average Bonchev–Trinajstić information content (AvgIpc) is 2.84. The summed E-state index contributed by atoms with van der Waals surface area (Å²) in [6.07, 6.45) is 7.30. The molecule has 2 N–H and O–H groups in total. The Kier molecular flexibility index (Phi) is 3.38. The minimum absolute atomic E-state index is 0.450. The number of nitrogens with two attached hydrogens (primary N) is 1. The first-order valence-corrected chi connectivity index (χ1v) is 5.62. The molecule has 1 saturated carbocycles. The molecular formula is C11H19N3O. The van der Waals surface area contributed by atoms with Gasteiger partial charge >= 0.3 is 0 Å². The molecule has 1 fully saturated rings. The fourth-order valence-corrected chi connectivity index (χ4v) is 2.12. The fourth-order valence-electron chi connectivity index (χ4n) is 2.12. The van der Waals surface area contributed by atoms with Crippen LogP contribution in [0.5, 0.6) is 0 Å². The first kappa shape index (κ1) is 10.6. The zero-order valence-electron chi connectivity index (χ0n) is 9.28. The summed E-state index contributed by atoms with van der Waals surface area (Å²) in [7, 11) is 1.94. The number of ether oxygens (including phenoxy) is 1. The molecule has 1 aliphatic carbocycles. The number of aryl methyl sites for hydroxylation is 1. The molecule has 0 spiro atoms. The van der Waals surface area contributed by atoms with Crippen molar-refractivity contribution in [2.75, 3.05) is 0 Å². The van der Waals surface area contributed by atoms with Crippen molar-refractivity contribution in [1.29, 1.82) is 0 Å². The summed E-state index contributed by atoms with van der Waals surface area (Å²) in [5, 5.41) is 4.19. The molecule has 2 rings (SSSR count). The summed E-state index contributed by atoms with van der Waals surface area (Å²) in [6, 6.07) is 0. The van der Waals surface area contributed by atoms with Gasteiger partial charge in [-0.3, -0.25) is 4.68 Å². The molecular weight excluding hydrogens is 190 g/mol. The molecule has 1 aromatic heterocycles. The highest BCUT2D eigenvalue weighted by Crippen LogP contribution is 2.22. The monoisotopic (exact) mass is 209 g/mol. The molecule has 1 aliphatic rings. The number of rotatable bonds is 4. The lowest BCUT2D eigenvalue weighted by Crippen LogP contribution is -2.11. The maximum Gasteiger partial charge on any atom is 0.0891 e. The zero-order chi connectivity index (χ0) is 10.7. The predicted molar refractivity (Wildman–Crippen MR) is 58.1 cm³/mol. The number of hydrogen-bond acceptors (Lipinski definition) is 3. The van der Waals surface area contributed by atoms with Crippen LogP contribution in [-0.2, 0) is 24.9 Å². The fraction of sp³-hybridized carbons (Fsp3) is 0.727. The Bertz CT molecular complexity index is 316.